The van der Waals surface area contributed by atoms with Crippen LogP contribution in [0.4, 0.5) is 5.69 Å². The standard InChI is InChI=1S/C16H24N3Si/c1-14(2)18-6-8-19(9-7-18)16-11-15(12-17-13-16)5-10-20(3)4/h11-14H,6-9H2,1-4H3/q+1. The number of hydrogen-bond acceptors (Lipinski definition) is 3. The molecule has 1 aromatic rings. The third kappa shape index (κ3) is 4.09. The second-order valence-corrected chi connectivity index (χ2v) is 8.05. The Hall–Kier alpha value is -1.31. The first kappa shape index (κ1) is 15.1. The van der Waals surface area contributed by atoms with Gasteiger partial charge >= 0.3 is 8.80 Å². The van der Waals surface area contributed by atoms with Crippen LogP contribution in [-0.4, -0.2) is 50.9 Å². The van der Waals surface area contributed by atoms with E-state index in [1.807, 2.05) is 12.4 Å². The summed E-state index contributed by atoms with van der Waals surface area (Å²) in [5.41, 5.74) is 5.55. The molecule has 0 saturated carbocycles. The molecule has 1 aliphatic rings. The number of anilines is 1. The highest BCUT2D eigenvalue weighted by Crippen LogP contribution is 2.17. The average Bonchev–Trinajstić information content (AvgIpc) is 2.45. The van der Waals surface area contributed by atoms with Gasteiger partial charge in [-0.2, -0.15) is 0 Å². The van der Waals surface area contributed by atoms with Gasteiger partial charge in [0.2, 0.25) is 0 Å². The Morgan fingerprint density at radius 3 is 2.45 bits per heavy atom. The zero-order chi connectivity index (χ0) is 14.5. The van der Waals surface area contributed by atoms with Crippen molar-refractivity contribution in [3.8, 4) is 11.5 Å². The Morgan fingerprint density at radius 2 is 1.85 bits per heavy atom. The van der Waals surface area contributed by atoms with E-state index in [9.17, 15) is 0 Å². The number of nitrogens with zero attached hydrogens (tertiary/aromatic N) is 3. The van der Waals surface area contributed by atoms with Gasteiger partial charge in [0.1, 0.15) is 0 Å². The molecule has 0 atom stereocenters. The highest BCUT2D eigenvalue weighted by molar-refractivity contribution is 6.64. The van der Waals surface area contributed by atoms with Crippen LogP contribution in [0.2, 0.25) is 13.1 Å². The van der Waals surface area contributed by atoms with E-state index >= 15 is 0 Å². The van der Waals surface area contributed by atoms with Crippen molar-refractivity contribution in [2.45, 2.75) is 33.0 Å². The molecular weight excluding hydrogens is 262 g/mol. The van der Waals surface area contributed by atoms with Crippen molar-refractivity contribution in [1.29, 1.82) is 0 Å². The molecule has 1 aromatic heterocycles. The van der Waals surface area contributed by atoms with E-state index in [2.05, 4.69) is 59.3 Å². The Morgan fingerprint density at radius 1 is 1.15 bits per heavy atom. The molecule has 0 N–H and O–H groups in total. The molecule has 0 aromatic carbocycles. The fraction of sp³-hybridized carbons (Fsp3) is 0.562. The molecule has 0 bridgehead atoms. The predicted molar refractivity (Wildman–Crippen MR) is 87.5 cm³/mol. The quantitative estimate of drug-likeness (QED) is 0.614. The fourth-order valence-electron chi connectivity index (χ4n) is 2.36. The Balaban J connectivity index is 2.04. The van der Waals surface area contributed by atoms with Crippen molar-refractivity contribution in [3.05, 3.63) is 24.0 Å². The SMILES string of the molecule is CC(C)N1CCN(c2cncc(C#C[Si+](C)C)c2)CC1. The van der Waals surface area contributed by atoms with E-state index in [4.69, 9.17) is 0 Å². The molecule has 0 amide bonds. The maximum Gasteiger partial charge on any atom is 0.399 e. The molecule has 20 heavy (non-hydrogen) atoms. The van der Waals surface area contributed by atoms with Gasteiger partial charge in [-0.25, -0.2) is 0 Å². The van der Waals surface area contributed by atoms with Gasteiger partial charge in [-0.15, -0.1) is 0 Å². The molecule has 2 rings (SSSR count). The minimum absolute atomic E-state index is 0.495. The highest BCUT2D eigenvalue weighted by Gasteiger charge is 2.19. The Labute approximate surface area is 124 Å². The lowest BCUT2D eigenvalue weighted by atomic mass is 10.2. The minimum Gasteiger partial charge on any atom is -0.368 e. The van der Waals surface area contributed by atoms with Crippen molar-refractivity contribution in [3.63, 3.8) is 0 Å². The van der Waals surface area contributed by atoms with Crippen LogP contribution >= 0.6 is 0 Å². The van der Waals surface area contributed by atoms with E-state index in [1.165, 1.54) is 5.69 Å². The molecule has 1 aliphatic heterocycles. The van der Waals surface area contributed by atoms with Crippen molar-refractivity contribution >= 4 is 14.5 Å². The lowest BCUT2D eigenvalue weighted by Crippen LogP contribution is -2.48. The lowest BCUT2D eigenvalue weighted by Gasteiger charge is -2.38. The third-order valence-corrected chi connectivity index (χ3v) is 4.22. The van der Waals surface area contributed by atoms with E-state index in [1.54, 1.807) is 0 Å². The summed E-state index contributed by atoms with van der Waals surface area (Å²) in [7, 11) is -0.495. The van der Waals surface area contributed by atoms with Crippen LogP contribution in [0.15, 0.2) is 18.5 Å². The summed E-state index contributed by atoms with van der Waals surface area (Å²) < 4.78 is 0. The summed E-state index contributed by atoms with van der Waals surface area (Å²) in [5, 5.41) is 0. The largest absolute Gasteiger partial charge is 0.399 e. The number of piperazine rings is 1. The van der Waals surface area contributed by atoms with E-state index in [0.29, 0.717) is 6.04 Å². The molecule has 0 aliphatic carbocycles. The molecule has 4 heteroatoms. The van der Waals surface area contributed by atoms with Crippen molar-refractivity contribution in [2.75, 3.05) is 31.1 Å². The molecule has 1 fully saturated rings. The van der Waals surface area contributed by atoms with Gasteiger partial charge in [-0.05, 0) is 25.8 Å². The zero-order valence-corrected chi connectivity index (χ0v) is 14.0. The zero-order valence-electron chi connectivity index (χ0n) is 13.0. The maximum atomic E-state index is 4.35. The van der Waals surface area contributed by atoms with Gasteiger partial charge in [-0.3, -0.25) is 9.88 Å². The Kier molecular flexibility index (Phi) is 5.22. The second kappa shape index (κ2) is 6.92. The summed E-state index contributed by atoms with van der Waals surface area (Å²) in [6.45, 7) is 13.4. The van der Waals surface area contributed by atoms with E-state index in [0.717, 1.165) is 31.7 Å². The van der Waals surface area contributed by atoms with Gasteiger partial charge < -0.3 is 4.90 Å². The fourth-order valence-corrected chi connectivity index (χ4v) is 2.76. The summed E-state index contributed by atoms with van der Waals surface area (Å²) in [6.07, 6.45) is 3.83. The molecule has 0 radical (unpaired) electrons. The number of rotatable bonds is 2. The van der Waals surface area contributed by atoms with Gasteiger partial charge in [-0.1, -0.05) is 0 Å². The lowest BCUT2D eigenvalue weighted by molar-refractivity contribution is 0.209. The summed E-state index contributed by atoms with van der Waals surface area (Å²) >= 11 is 0. The number of hydrogen-bond donors (Lipinski definition) is 0. The van der Waals surface area contributed by atoms with Crippen LogP contribution in [0.25, 0.3) is 0 Å². The highest BCUT2D eigenvalue weighted by atomic mass is 28.3. The topological polar surface area (TPSA) is 19.4 Å². The molecule has 0 unspecified atom stereocenters. The van der Waals surface area contributed by atoms with Crippen LogP contribution in [-0.2, 0) is 0 Å². The molecular formula is C16H24N3Si+. The Bertz CT molecular complexity index is 494. The van der Waals surface area contributed by atoms with Crippen LogP contribution in [0.1, 0.15) is 19.4 Å². The molecule has 0 spiro atoms. The third-order valence-electron chi connectivity index (χ3n) is 3.59. The summed E-state index contributed by atoms with van der Waals surface area (Å²) in [5.74, 6) is 3.25. The van der Waals surface area contributed by atoms with Gasteiger partial charge in [0.25, 0.3) is 0 Å². The first-order chi connectivity index (χ1) is 9.56. The summed E-state index contributed by atoms with van der Waals surface area (Å²) in [6, 6.07) is 2.82. The van der Waals surface area contributed by atoms with Crippen LogP contribution in [0.3, 0.4) is 0 Å². The second-order valence-electron chi connectivity index (χ2n) is 5.80. The van der Waals surface area contributed by atoms with Crippen molar-refractivity contribution in [1.82, 2.24) is 9.88 Å². The van der Waals surface area contributed by atoms with Gasteiger partial charge in [0, 0.05) is 44.0 Å². The molecule has 106 valence electrons. The smallest absolute Gasteiger partial charge is 0.368 e. The van der Waals surface area contributed by atoms with Gasteiger partial charge in [0.05, 0.1) is 30.5 Å². The van der Waals surface area contributed by atoms with Crippen molar-refractivity contribution in [2.24, 2.45) is 0 Å². The van der Waals surface area contributed by atoms with Crippen LogP contribution in [0.5, 0.6) is 0 Å². The first-order valence-electron chi connectivity index (χ1n) is 7.32. The number of pyridine rings is 1. The molecule has 2 heterocycles. The van der Waals surface area contributed by atoms with Crippen molar-refractivity contribution < 1.29 is 0 Å². The summed E-state index contributed by atoms with van der Waals surface area (Å²) in [4.78, 5) is 9.29. The van der Waals surface area contributed by atoms with Crippen LogP contribution in [0, 0.1) is 11.5 Å². The van der Waals surface area contributed by atoms with E-state index < -0.39 is 8.80 Å². The normalized spacial score (nSPS) is 15.9. The first-order valence-corrected chi connectivity index (χ1v) is 9.82. The number of aromatic nitrogens is 1. The minimum atomic E-state index is -0.495. The van der Waals surface area contributed by atoms with Gasteiger partial charge in [0.15, 0.2) is 0 Å². The monoisotopic (exact) mass is 286 g/mol. The predicted octanol–water partition coefficient (Wildman–Crippen LogP) is 2.26. The maximum absolute atomic E-state index is 4.35. The van der Waals surface area contributed by atoms with Crippen LogP contribution < -0.4 is 4.90 Å². The molecule has 1 saturated heterocycles. The average molecular weight is 286 g/mol. The molecule has 3 nitrogen and oxygen atoms in total. The van der Waals surface area contributed by atoms with E-state index in [-0.39, 0.29) is 0 Å².